The molecule has 0 aromatic heterocycles. The number of rotatable bonds is 6. The Balaban J connectivity index is 1.73. The molecule has 6 heteroatoms. The molecule has 21 heavy (non-hydrogen) atoms. The minimum Gasteiger partial charge on any atom is -0.394 e. The lowest BCUT2D eigenvalue weighted by atomic mass is 10.1. The Morgan fingerprint density at radius 1 is 1.38 bits per heavy atom. The van der Waals surface area contributed by atoms with Crippen molar-refractivity contribution in [2.45, 2.75) is 18.9 Å². The zero-order valence-corrected chi connectivity index (χ0v) is 11.9. The van der Waals surface area contributed by atoms with E-state index in [9.17, 15) is 9.18 Å². The van der Waals surface area contributed by atoms with E-state index in [0.717, 1.165) is 25.9 Å². The first kappa shape index (κ1) is 15.9. The van der Waals surface area contributed by atoms with Crippen LogP contribution in [0, 0.1) is 5.82 Å². The van der Waals surface area contributed by atoms with Crippen LogP contribution in [0.2, 0.25) is 0 Å². The third-order valence-electron chi connectivity index (χ3n) is 3.49. The monoisotopic (exact) mass is 296 g/mol. The fraction of sp³-hybridized carbons (Fsp3) is 0.533. The van der Waals surface area contributed by atoms with Crippen LogP contribution in [0.25, 0.3) is 0 Å². The van der Waals surface area contributed by atoms with Crippen LogP contribution < -0.4 is 5.32 Å². The summed E-state index contributed by atoms with van der Waals surface area (Å²) in [6.07, 6.45) is 1.84. The summed E-state index contributed by atoms with van der Waals surface area (Å²) in [5.41, 5.74) is 0.212. The van der Waals surface area contributed by atoms with Crippen LogP contribution in [-0.2, 0) is 9.53 Å². The number of para-hydroxylation sites is 1. The van der Waals surface area contributed by atoms with E-state index in [4.69, 9.17) is 9.84 Å². The molecule has 0 spiro atoms. The van der Waals surface area contributed by atoms with Crippen molar-refractivity contribution in [3.63, 3.8) is 0 Å². The molecule has 5 nitrogen and oxygen atoms in total. The Morgan fingerprint density at radius 3 is 2.76 bits per heavy atom. The Kier molecular flexibility index (Phi) is 6.10. The van der Waals surface area contributed by atoms with E-state index < -0.39 is 5.82 Å². The first-order chi connectivity index (χ1) is 10.2. The number of hydrogen-bond acceptors (Lipinski definition) is 4. The summed E-state index contributed by atoms with van der Waals surface area (Å²) >= 11 is 0. The molecule has 2 rings (SSSR count). The van der Waals surface area contributed by atoms with Gasteiger partial charge in [0.2, 0.25) is 5.91 Å². The number of ether oxygens (including phenoxy) is 1. The summed E-state index contributed by atoms with van der Waals surface area (Å²) in [6.45, 7) is 2.17. The zero-order chi connectivity index (χ0) is 15.1. The van der Waals surface area contributed by atoms with Gasteiger partial charge >= 0.3 is 0 Å². The number of hydrogen-bond donors (Lipinski definition) is 2. The molecule has 0 unspecified atom stereocenters. The van der Waals surface area contributed by atoms with Gasteiger partial charge in [0.25, 0.3) is 0 Å². The van der Waals surface area contributed by atoms with Crippen molar-refractivity contribution < 1.29 is 19.0 Å². The van der Waals surface area contributed by atoms with E-state index in [1.165, 1.54) is 6.07 Å². The first-order valence-corrected chi connectivity index (χ1v) is 7.18. The number of anilines is 1. The lowest BCUT2D eigenvalue weighted by Gasteiger charge is -2.31. The highest BCUT2D eigenvalue weighted by Crippen LogP contribution is 2.15. The summed E-state index contributed by atoms with van der Waals surface area (Å²) in [6, 6.07) is 6.13. The number of aliphatic hydroxyl groups is 1. The van der Waals surface area contributed by atoms with Gasteiger partial charge in [-0.25, -0.2) is 4.39 Å². The molecular weight excluding hydrogens is 275 g/mol. The van der Waals surface area contributed by atoms with Gasteiger partial charge in [0.1, 0.15) is 5.82 Å². The SMILES string of the molecule is O=C(CN1CCC(OCCO)CC1)Nc1ccccc1F. The number of nitrogens with one attached hydrogen (secondary N) is 1. The van der Waals surface area contributed by atoms with E-state index in [-0.39, 0.29) is 30.9 Å². The van der Waals surface area contributed by atoms with Gasteiger partial charge in [-0.15, -0.1) is 0 Å². The molecule has 2 N–H and O–H groups in total. The van der Waals surface area contributed by atoms with Gasteiger partial charge in [0.15, 0.2) is 0 Å². The van der Waals surface area contributed by atoms with Crippen LogP contribution >= 0.6 is 0 Å². The molecule has 1 aromatic rings. The topological polar surface area (TPSA) is 61.8 Å². The largest absolute Gasteiger partial charge is 0.394 e. The molecule has 0 saturated carbocycles. The highest BCUT2D eigenvalue weighted by Gasteiger charge is 2.21. The van der Waals surface area contributed by atoms with Gasteiger partial charge in [-0.3, -0.25) is 9.69 Å². The average Bonchev–Trinajstić information content (AvgIpc) is 2.49. The third kappa shape index (κ3) is 5.08. The van der Waals surface area contributed by atoms with Crippen LogP contribution in [0.3, 0.4) is 0 Å². The number of nitrogens with zero attached hydrogens (tertiary/aromatic N) is 1. The van der Waals surface area contributed by atoms with Gasteiger partial charge in [-0.05, 0) is 25.0 Å². The number of benzene rings is 1. The number of amides is 1. The normalized spacial score (nSPS) is 16.9. The second-order valence-corrected chi connectivity index (χ2v) is 5.10. The Labute approximate surface area is 123 Å². The highest BCUT2D eigenvalue weighted by molar-refractivity contribution is 5.92. The molecule has 0 atom stereocenters. The molecule has 1 fully saturated rings. The molecule has 1 aromatic carbocycles. The van der Waals surface area contributed by atoms with E-state index in [2.05, 4.69) is 5.32 Å². The minimum absolute atomic E-state index is 0.0330. The second-order valence-electron chi connectivity index (χ2n) is 5.10. The fourth-order valence-electron chi connectivity index (χ4n) is 2.41. The van der Waals surface area contributed by atoms with Gasteiger partial charge < -0.3 is 15.2 Å². The van der Waals surface area contributed by atoms with Gasteiger partial charge in [-0.2, -0.15) is 0 Å². The predicted octanol–water partition coefficient (Wildman–Crippen LogP) is 1.24. The van der Waals surface area contributed by atoms with Crippen LogP contribution in [0.1, 0.15) is 12.8 Å². The Hall–Kier alpha value is -1.50. The summed E-state index contributed by atoms with van der Waals surface area (Å²) in [7, 11) is 0. The maximum Gasteiger partial charge on any atom is 0.238 e. The van der Waals surface area contributed by atoms with Gasteiger partial charge in [0.05, 0.1) is 31.5 Å². The molecule has 1 aliphatic rings. The molecule has 1 aliphatic heterocycles. The molecule has 1 heterocycles. The minimum atomic E-state index is -0.429. The third-order valence-corrected chi connectivity index (χ3v) is 3.49. The molecule has 1 saturated heterocycles. The first-order valence-electron chi connectivity index (χ1n) is 7.18. The fourth-order valence-corrected chi connectivity index (χ4v) is 2.41. The number of likely N-dealkylation sites (tertiary alicyclic amines) is 1. The smallest absolute Gasteiger partial charge is 0.238 e. The standard InChI is InChI=1S/C15H21FN2O3/c16-13-3-1-2-4-14(13)17-15(20)11-18-7-5-12(6-8-18)21-10-9-19/h1-4,12,19H,5-11H2,(H,17,20). The van der Waals surface area contributed by atoms with Crippen molar-refractivity contribution in [2.75, 3.05) is 38.2 Å². The van der Waals surface area contributed by atoms with Crippen molar-refractivity contribution in [2.24, 2.45) is 0 Å². The maximum atomic E-state index is 13.4. The predicted molar refractivity (Wildman–Crippen MR) is 77.5 cm³/mol. The lowest BCUT2D eigenvalue weighted by Crippen LogP contribution is -2.41. The molecule has 0 bridgehead atoms. The lowest BCUT2D eigenvalue weighted by molar-refractivity contribution is -0.118. The number of aliphatic hydroxyl groups excluding tert-OH is 1. The Bertz CT molecular complexity index is 462. The van der Waals surface area contributed by atoms with Crippen molar-refractivity contribution >= 4 is 11.6 Å². The summed E-state index contributed by atoms with van der Waals surface area (Å²) in [5.74, 6) is -0.642. The molecule has 116 valence electrons. The molecule has 0 radical (unpaired) electrons. The van der Waals surface area contributed by atoms with Crippen molar-refractivity contribution in [1.29, 1.82) is 0 Å². The van der Waals surface area contributed by atoms with Gasteiger partial charge in [0, 0.05) is 13.1 Å². The van der Waals surface area contributed by atoms with E-state index in [1.807, 2.05) is 4.90 Å². The Morgan fingerprint density at radius 2 is 2.10 bits per heavy atom. The van der Waals surface area contributed by atoms with Crippen LogP contribution in [-0.4, -0.2) is 54.9 Å². The maximum absolute atomic E-state index is 13.4. The van der Waals surface area contributed by atoms with Crippen molar-refractivity contribution in [1.82, 2.24) is 4.90 Å². The quantitative estimate of drug-likeness (QED) is 0.829. The van der Waals surface area contributed by atoms with E-state index in [1.54, 1.807) is 18.2 Å². The number of carbonyl (C=O) groups is 1. The van der Waals surface area contributed by atoms with Crippen molar-refractivity contribution in [3.8, 4) is 0 Å². The summed E-state index contributed by atoms with van der Waals surface area (Å²) in [5, 5.41) is 11.3. The summed E-state index contributed by atoms with van der Waals surface area (Å²) < 4.78 is 18.9. The number of carbonyl (C=O) groups excluding carboxylic acids is 1. The number of halogens is 1. The van der Waals surface area contributed by atoms with E-state index in [0.29, 0.717) is 6.61 Å². The zero-order valence-electron chi connectivity index (χ0n) is 11.9. The average molecular weight is 296 g/mol. The van der Waals surface area contributed by atoms with Crippen molar-refractivity contribution in [3.05, 3.63) is 30.1 Å². The number of piperidine rings is 1. The van der Waals surface area contributed by atoms with Crippen LogP contribution in [0.5, 0.6) is 0 Å². The van der Waals surface area contributed by atoms with Crippen LogP contribution in [0.15, 0.2) is 24.3 Å². The van der Waals surface area contributed by atoms with E-state index >= 15 is 0 Å². The van der Waals surface area contributed by atoms with Crippen LogP contribution in [0.4, 0.5) is 10.1 Å². The molecular formula is C15H21FN2O3. The molecule has 0 aliphatic carbocycles. The second kappa shape index (κ2) is 8.07. The van der Waals surface area contributed by atoms with Gasteiger partial charge in [-0.1, -0.05) is 12.1 Å². The highest BCUT2D eigenvalue weighted by atomic mass is 19.1. The molecule has 1 amide bonds. The summed E-state index contributed by atoms with van der Waals surface area (Å²) in [4.78, 5) is 13.9.